The van der Waals surface area contributed by atoms with Crippen LogP contribution in [0, 0.1) is 11.7 Å². The number of hydrogen-bond acceptors (Lipinski definition) is 10. The number of ether oxygens (including phenoxy) is 1. The number of halogens is 1. The van der Waals surface area contributed by atoms with E-state index in [0.717, 1.165) is 5.56 Å². The smallest absolute Gasteiger partial charge is 0.246 e. The minimum Gasteiger partial charge on any atom is -0.481 e. The van der Waals surface area contributed by atoms with Crippen molar-refractivity contribution in [3.05, 3.63) is 47.8 Å². The number of fused-ring (bicyclic) bond motifs is 1. The molecule has 4 atom stereocenters. The summed E-state index contributed by atoms with van der Waals surface area (Å²) < 4.78 is 19.6. The number of hydroxylamine groups is 1. The van der Waals surface area contributed by atoms with Crippen LogP contribution in [0.4, 0.5) is 4.39 Å². The van der Waals surface area contributed by atoms with Crippen LogP contribution in [0.25, 0.3) is 11.3 Å². The highest BCUT2D eigenvalue weighted by Crippen LogP contribution is 2.39. The number of methoxy groups -OCH3 is 1. The number of aliphatic hydroxyl groups is 1. The van der Waals surface area contributed by atoms with Gasteiger partial charge in [-0.3, -0.25) is 20.1 Å². The van der Waals surface area contributed by atoms with Crippen LogP contribution in [0.1, 0.15) is 31.4 Å². The number of aliphatic imine (C=N–C) groups is 3. The molecule has 2 unspecified atom stereocenters. The van der Waals surface area contributed by atoms with E-state index in [-0.39, 0.29) is 30.9 Å². The summed E-state index contributed by atoms with van der Waals surface area (Å²) in [7, 11) is 1.51. The van der Waals surface area contributed by atoms with E-state index in [9.17, 15) is 14.3 Å². The Labute approximate surface area is 207 Å². The van der Waals surface area contributed by atoms with Crippen LogP contribution in [0.15, 0.2) is 51.4 Å². The van der Waals surface area contributed by atoms with Gasteiger partial charge < -0.3 is 21.3 Å². The molecule has 1 aromatic heterocycles. The summed E-state index contributed by atoms with van der Waals surface area (Å²) in [4.78, 5) is 34.7. The molecular weight excluding hydrogens is 469 g/mol. The quantitative estimate of drug-likeness (QED) is 0.314. The lowest BCUT2D eigenvalue weighted by atomic mass is 9.82. The van der Waals surface area contributed by atoms with Crippen LogP contribution in [-0.4, -0.2) is 59.4 Å². The number of nitrogens with zero attached hydrogens (tertiary/aromatic N) is 4. The van der Waals surface area contributed by atoms with Crippen molar-refractivity contribution in [3.63, 3.8) is 0 Å². The van der Waals surface area contributed by atoms with Gasteiger partial charge in [-0.05, 0) is 37.1 Å². The number of aromatic nitrogens is 1. The number of guanidine groups is 1. The lowest BCUT2D eigenvalue weighted by Gasteiger charge is -2.35. The van der Waals surface area contributed by atoms with Crippen LogP contribution >= 0.6 is 0 Å². The highest BCUT2D eigenvalue weighted by atomic mass is 19.1. The second-order valence-electron chi connectivity index (χ2n) is 8.51. The third kappa shape index (κ3) is 5.50. The Kier molecular flexibility index (Phi) is 7.55. The lowest BCUT2D eigenvalue weighted by molar-refractivity contribution is -0.127. The summed E-state index contributed by atoms with van der Waals surface area (Å²) in [5.74, 6) is -0.518. The van der Waals surface area contributed by atoms with E-state index in [1.807, 2.05) is 6.92 Å². The van der Waals surface area contributed by atoms with Crippen LogP contribution in [0.3, 0.4) is 0 Å². The number of benzene rings is 1. The van der Waals surface area contributed by atoms with Crippen molar-refractivity contribution in [2.45, 2.75) is 38.0 Å². The predicted molar refractivity (Wildman–Crippen MR) is 132 cm³/mol. The number of pyridine rings is 1. The SMILES string of the molecule is COc1cccc(-c2cc(F)ccc2C2C[C@H]3N=C(N)N=C(C)C3C(NOCC[C@H](O)C(N)=O)=N2)n1. The topological polar surface area (TPSA) is 170 Å². The van der Waals surface area contributed by atoms with E-state index >= 15 is 0 Å². The summed E-state index contributed by atoms with van der Waals surface area (Å²) in [6.07, 6.45) is -0.818. The normalized spacial score (nSPS) is 22.0. The molecule has 0 bridgehead atoms. The Hall–Kier alpha value is -3.90. The van der Waals surface area contributed by atoms with E-state index in [0.29, 0.717) is 35.1 Å². The van der Waals surface area contributed by atoms with Gasteiger partial charge in [0.1, 0.15) is 17.8 Å². The molecule has 0 saturated carbocycles. The monoisotopic (exact) mass is 497 g/mol. The first-order chi connectivity index (χ1) is 17.3. The summed E-state index contributed by atoms with van der Waals surface area (Å²) in [6, 6.07) is 9.02. The maximum absolute atomic E-state index is 14.3. The molecule has 3 heterocycles. The van der Waals surface area contributed by atoms with Gasteiger partial charge in [0.05, 0.1) is 37.4 Å². The number of hydrogen-bond donors (Lipinski definition) is 4. The van der Waals surface area contributed by atoms with Crippen molar-refractivity contribution in [2.75, 3.05) is 13.7 Å². The number of rotatable bonds is 8. The maximum Gasteiger partial charge on any atom is 0.246 e. The molecule has 2 aliphatic rings. The molecule has 1 amide bonds. The molecule has 4 rings (SSSR count). The fraction of sp³-hybridized carbons (Fsp3) is 0.375. The Morgan fingerprint density at radius 2 is 2.11 bits per heavy atom. The van der Waals surface area contributed by atoms with Crippen molar-refractivity contribution in [1.29, 1.82) is 0 Å². The standard InChI is InChI=1S/C24H28FN7O4/c1-12-21-18(31-24(27)28-12)11-17(30-23(21)32-36-9-8-19(33)22(26)34)14-7-6-13(25)10-15(14)16-4-3-5-20(29-16)35-2/h3-7,10,17-19,21,33H,8-9,11H2,1-2H3,(H2,26,34)(H2,27,31)(H,30,32)/t17?,18-,19+,21?/m1/s1. The van der Waals surface area contributed by atoms with Crippen molar-refractivity contribution in [2.24, 2.45) is 32.4 Å². The van der Waals surface area contributed by atoms with E-state index in [1.54, 1.807) is 24.3 Å². The van der Waals surface area contributed by atoms with Crippen LogP contribution in [0.2, 0.25) is 0 Å². The lowest BCUT2D eigenvalue weighted by Crippen LogP contribution is -2.47. The molecule has 2 aromatic rings. The fourth-order valence-electron chi connectivity index (χ4n) is 4.34. The third-order valence-corrected chi connectivity index (χ3v) is 6.06. The number of aliphatic hydroxyl groups excluding tert-OH is 1. The van der Waals surface area contributed by atoms with Crippen molar-refractivity contribution in [1.82, 2.24) is 10.5 Å². The minimum absolute atomic E-state index is 0.00229. The summed E-state index contributed by atoms with van der Waals surface area (Å²) in [5, 5.41) is 9.60. The molecule has 36 heavy (non-hydrogen) atoms. The first-order valence-electron chi connectivity index (χ1n) is 11.4. The fourth-order valence-corrected chi connectivity index (χ4v) is 4.34. The number of primary amides is 1. The number of nitrogens with two attached hydrogens (primary N) is 2. The molecule has 2 aliphatic heterocycles. The van der Waals surface area contributed by atoms with Crippen LogP contribution < -0.4 is 21.7 Å². The molecule has 6 N–H and O–H groups in total. The molecule has 1 aromatic carbocycles. The molecule has 0 saturated heterocycles. The number of amides is 1. The van der Waals surface area contributed by atoms with E-state index < -0.39 is 23.9 Å². The van der Waals surface area contributed by atoms with Crippen molar-refractivity contribution < 1.29 is 23.9 Å². The predicted octanol–water partition coefficient (Wildman–Crippen LogP) is 1.27. The minimum atomic E-state index is -1.32. The second-order valence-corrected chi connectivity index (χ2v) is 8.51. The Morgan fingerprint density at radius 1 is 1.31 bits per heavy atom. The van der Waals surface area contributed by atoms with Crippen LogP contribution in [-0.2, 0) is 9.63 Å². The Balaban J connectivity index is 1.68. The number of carbonyl (C=O) groups is 1. The molecule has 190 valence electrons. The third-order valence-electron chi connectivity index (χ3n) is 6.06. The summed E-state index contributed by atoms with van der Waals surface area (Å²) >= 11 is 0. The second kappa shape index (κ2) is 10.8. The molecule has 0 spiro atoms. The summed E-state index contributed by atoms with van der Waals surface area (Å²) in [6.45, 7) is 1.83. The van der Waals surface area contributed by atoms with Gasteiger partial charge >= 0.3 is 0 Å². The van der Waals surface area contributed by atoms with Crippen LogP contribution in [0.5, 0.6) is 5.88 Å². The average molecular weight is 498 g/mol. The van der Waals surface area contributed by atoms with Gasteiger partial charge in [0.25, 0.3) is 0 Å². The zero-order chi connectivity index (χ0) is 25.8. The van der Waals surface area contributed by atoms with E-state index in [1.165, 1.54) is 19.2 Å². The van der Waals surface area contributed by atoms with Gasteiger partial charge in [-0.2, -0.15) is 0 Å². The van der Waals surface area contributed by atoms with Crippen molar-refractivity contribution in [3.8, 4) is 17.1 Å². The van der Waals surface area contributed by atoms with Crippen molar-refractivity contribution >= 4 is 23.4 Å². The Morgan fingerprint density at radius 3 is 2.86 bits per heavy atom. The highest BCUT2D eigenvalue weighted by Gasteiger charge is 2.39. The first-order valence-corrected chi connectivity index (χ1v) is 11.4. The number of amidine groups is 1. The zero-order valence-electron chi connectivity index (χ0n) is 19.9. The highest BCUT2D eigenvalue weighted by molar-refractivity contribution is 6.11. The average Bonchev–Trinajstić information content (AvgIpc) is 2.85. The molecule has 0 aliphatic carbocycles. The molecule has 0 radical (unpaired) electrons. The summed E-state index contributed by atoms with van der Waals surface area (Å²) in [5.41, 5.74) is 16.4. The largest absolute Gasteiger partial charge is 0.481 e. The van der Waals surface area contributed by atoms with Gasteiger partial charge in [0.2, 0.25) is 17.7 Å². The molecular formula is C24H28FN7O4. The molecule has 11 nitrogen and oxygen atoms in total. The first kappa shape index (κ1) is 25.2. The van der Waals surface area contributed by atoms with Gasteiger partial charge in [0, 0.05) is 23.8 Å². The van der Waals surface area contributed by atoms with Gasteiger partial charge in [-0.15, -0.1) is 0 Å². The molecule has 0 fully saturated rings. The van der Waals surface area contributed by atoms with E-state index in [4.69, 9.17) is 26.0 Å². The number of nitrogens with one attached hydrogen (secondary N) is 1. The van der Waals surface area contributed by atoms with E-state index in [2.05, 4.69) is 20.4 Å². The molecule has 12 heteroatoms. The Bertz CT molecular complexity index is 1230. The maximum atomic E-state index is 14.3. The van der Waals surface area contributed by atoms with Gasteiger partial charge in [-0.1, -0.05) is 12.1 Å². The zero-order valence-corrected chi connectivity index (χ0v) is 19.9. The number of carbonyl (C=O) groups excluding carboxylic acids is 1. The van der Waals surface area contributed by atoms with Gasteiger partial charge in [-0.25, -0.2) is 19.4 Å². The van der Waals surface area contributed by atoms with Gasteiger partial charge in [0.15, 0.2) is 0 Å².